The van der Waals surface area contributed by atoms with Crippen molar-refractivity contribution < 1.29 is 4.74 Å². The van der Waals surface area contributed by atoms with Crippen molar-refractivity contribution >= 4 is 0 Å². The molecule has 2 nitrogen and oxygen atoms in total. The molecule has 15 heavy (non-hydrogen) atoms. The molecule has 1 N–H and O–H groups in total. The van der Waals surface area contributed by atoms with E-state index in [0.717, 1.165) is 19.4 Å². The van der Waals surface area contributed by atoms with Gasteiger partial charge in [0, 0.05) is 12.6 Å². The van der Waals surface area contributed by atoms with E-state index in [4.69, 9.17) is 4.74 Å². The highest BCUT2D eigenvalue weighted by molar-refractivity contribution is 4.97. The molecule has 1 unspecified atom stereocenters. The topological polar surface area (TPSA) is 21.3 Å². The summed E-state index contributed by atoms with van der Waals surface area (Å²) < 4.78 is 6.04. The van der Waals surface area contributed by atoms with Crippen molar-refractivity contribution in [1.29, 1.82) is 0 Å². The Hall–Kier alpha value is -0.0800. The third-order valence-electron chi connectivity index (χ3n) is 3.31. The Morgan fingerprint density at radius 2 is 1.53 bits per heavy atom. The van der Waals surface area contributed by atoms with Crippen LogP contribution in [0.2, 0.25) is 0 Å². The Labute approximate surface area is 95.8 Å². The van der Waals surface area contributed by atoms with E-state index in [0.29, 0.717) is 6.04 Å². The summed E-state index contributed by atoms with van der Waals surface area (Å²) in [5.74, 6) is 0. The first-order valence-corrected chi connectivity index (χ1v) is 6.19. The standard InChI is InChI=1S/C13H29NO/c1-8-13(9-2,15-10-3)11(14-7)12(4,5)6/h11,14H,8-10H2,1-7H3. The summed E-state index contributed by atoms with van der Waals surface area (Å²) in [7, 11) is 2.04. The third-order valence-corrected chi connectivity index (χ3v) is 3.31. The highest BCUT2D eigenvalue weighted by Crippen LogP contribution is 2.35. The summed E-state index contributed by atoms with van der Waals surface area (Å²) in [5, 5.41) is 3.44. The van der Waals surface area contributed by atoms with E-state index >= 15 is 0 Å². The van der Waals surface area contributed by atoms with Gasteiger partial charge in [-0.05, 0) is 32.2 Å². The lowest BCUT2D eigenvalue weighted by atomic mass is 9.73. The van der Waals surface area contributed by atoms with Crippen molar-refractivity contribution in [1.82, 2.24) is 5.32 Å². The minimum atomic E-state index is -0.0260. The van der Waals surface area contributed by atoms with Crippen LogP contribution in [-0.4, -0.2) is 25.3 Å². The molecule has 0 saturated carbocycles. The van der Waals surface area contributed by atoms with Crippen molar-refractivity contribution in [3.8, 4) is 0 Å². The Balaban J connectivity index is 5.00. The van der Waals surface area contributed by atoms with Gasteiger partial charge in [-0.1, -0.05) is 34.6 Å². The molecule has 0 radical (unpaired) electrons. The first-order valence-electron chi connectivity index (χ1n) is 6.19. The van der Waals surface area contributed by atoms with Crippen molar-refractivity contribution in [2.24, 2.45) is 5.41 Å². The van der Waals surface area contributed by atoms with Crippen LogP contribution in [0, 0.1) is 5.41 Å². The monoisotopic (exact) mass is 215 g/mol. The van der Waals surface area contributed by atoms with Crippen LogP contribution in [0.25, 0.3) is 0 Å². The van der Waals surface area contributed by atoms with Crippen LogP contribution < -0.4 is 5.32 Å². The van der Waals surface area contributed by atoms with Gasteiger partial charge in [0.25, 0.3) is 0 Å². The van der Waals surface area contributed by atoms with Gasteiger partial charge in [-0.25, -0.2) is 0 Å². The summed E-state index contributed by atoms with van der Waals surface area (Å²) in [6, 6.07) is 0.389. The van der Waals surface area contributed by atoms with Gasteiger partial charge < -0.3 is 10.1 Å². The summed E-state index contributed by atoms with van der Waals surface area (Å²) >= 11 is 0. The molecule has 1 atom stereocenters. The molecule has 0 aliphatic carbocycles. The molecular formula is C13H29NO. The predicted octanol–water partition coefficient (Wildman–Crippen LogP) is 3.22. The lowest BCUT2D eigenvalue weighted by Crippen LogP contribution is -2.57. The van der Waals surface area contributed by atoms with Crippen LogP contribution in [0.3, 0.4) is 0 Å². The van der Waals surface area contributed by atoms with Crippen LogP contribution in [-0.2, 0) is 4.74 Å². The van der Waals surface area contributed by atoms with Crippen molar-refractivity contribution in [3.05, 3.63) is 0 Å². The second kappa shape index (κ2) is 5.86. The molecule has 0 rings (SSSR count). The molecule has 2 heteroatoms. The minimum absolute atomic E-state index is 0.0260. The van der Waals surface area contributed by atoms with Crippen LogP contribution in [0.1, 0.15) is 54.4 Å². The van der Waals surface area contributed by atoms with Crippen LogP contribution in [0.15, 0.2) is 0 Å². The molecule has 0 saturated heterocycles. The third kappa shape index (κ3) is 3.46. The average Bonchev–Trinajstić information content (AvgIpc) is 2.15. The maximum atomic E-state index is 6.04. The van der Waals surface area contributed by atoms with Crippen LogP contribution >= 0.6 is 0 Å². The molecule has 0 aromatic heterocycles. The lowest BCUT2D eigenvalue weighted by molar-refractivity contribution is -0.0946. The smallest absolute Gasteiger partial charge is 0.0834 e. The first-order chi connectivity index (χ1) is 6.87. The van der Waals surface area contributed by atoms with E-state index in [1.807, 2.05) is 7.05 Å². The highest BCUT2D eigenvalue weighted by Gasteiger charge is 2.42. The summed E-state index contributed by atoms with van der Waals surface area (Å²) in [4.78, 5) is 0. The highest BCUT2D eigenvalue weighted by atomic mass is 16.5. The zero-order valence-corrected chi connectivity index (χ0v) is 11.6. The molecule has 0 aliphatic heterocycles. The zero-order chi connectivity index (χ0) is 12.1. The van der Waals surface area contributed by atoms with Gasteiger partial charge in [0.15, 0.2) is 0 Å². The van der Waals surface area contributed by atoms with E-state index in [1.165, 1.54) is 0 Å². The molecule has 0 aromatic carbocycles. The Morgan fingerprint density at radius 1 is 1.07 bits per heavy atom. The fourth-order valence-electron chi connectivity index (χ4n) is 2.72. The maximum absolute atomic E-state index is 6.04. The lowest BCUT2D eigenvalue weighted by Gasteiger charge is -2.46. The van der Waals surface area contributed by atoms with Crippen LogP contribution in [0.5, 0.6) is 0 Å². The molecule has 0 spiro atoms. The van der Waals surface area contributed by atoms with Crippen molar-refractivity contribution in [3.63, 3.8) is 0 Å². The van der Waals surface area contributed by atoms with E-state index in [2.05, 4.69) is 46.9 Å². The second-order valence-electron chi connectivity index (χ2n) is 5.29. The van der Waals surface area contributed by atoms with E-state index < -0.39 is 0 Å². The fraction of sp³-hybridized carbons (Fsp3) is 1.00. The number of nitrogens with one attached hydrogen (secondary N) is 1. The maximum Gasteiger partial charge on any atom is 0.0834 e. The van der Waals surface area contributed by atoms with Gasteiger partial charge in [0.1, 0.15) is 0 Å². The predicted molar refractivity (Wildman–Crippen MR) is 67.2 cm³/mol. The normalized spacial score (nSPS) is 15.4. The Bertz CT molecular complexity index is 168. The number of hydrogen-bond acceptors (Lipinski definition) is 2. The quantitative estimate of drug-likeness (QED) is 0.734. The minimum Gasteiger partial charge on any atom is -0.374 e. The van der Waals surface area contributed by atoms with Gasteiger partial charge >= 0.3 is 0 Å². The van der Waals surface area contributed by atoms with Gasteiger partial charge in [-0.3, -0.25) is 0 Å². The molecule has 0 amide bonds. The average molecular weight is 215 g/mol. The fourth-order valence-corrected chi connectivity index (χ4v) is 2.72. The molecule has 0 bridgehead atoms. The summed E-state index contributed by atoms with van der Waals surface area (Å²) in [6.07, 6.45) is 2.11. The SMILES string of the molecule is CCOC(CC)(CC)C(NC)C(C)(C)C. The molecule has 0 aromatic rings. The van der Waals surface area contributed by atoms with Crippen LogP contribution in [0.4, 0.5) is 0 Å². The molecule has 0 aliphatic rings. The van der Waals surface area contributed by atoms with Crippen molar-refractivity contribution in [2.45, 2.75) is 66.0 Å². The summed E-state index contributed by atoms with van der Waals surface area (Å²) in [6.45, 7) is 14.1. The van der Waals surface area contributed by atoms with Gasteiger partial charge in [-0.2, -0.15) is 0 Å². The number of hydrogen-bond donors (Lipinski definition) is 1. The number of rotatable bonds is 6. The van der Waals surface area contributed by atoms with E-state index in [1.54, 1.807) is 0 Å². The molecule has 0 heterocycles. The number of ether oxygens (including phenoxy) is 1. The Morgan fingerprint density at radius 3 is 1.73 bits per heavy atom. The number of likely N-dealkylation sites (N-methyl/N-ethyl adjacent to an activating group) is 1. The molecular weight excluding hydrogens is 186 g/mol. The Kier molecular flexibility index (Phi) is 5.82. The zero-order valence-electron chi connectivity index (χ0n) is 11.6. The van der Waals surface area contributed by atoms with Gasteiger partial charge in [0.2, 0.25) is 0 Å². The van der Waals surface area contributed by atoms with Gasteiger partial charge in [-0.15, -0.1) is 0 Å². The van der Waals surface area contributed by atoms with Crippen molar-refractivity contribution in [2.75, 3.05) is 13.7 Å². The van der Waals surface area contributed by atoms with Gasteiger partial charge in [0.05, 0.1) is 5.60 Å². The first kappa shape index (κ1) is 14.9. The van der Waals surface area contributed by atoms with E-state index in [9.17, 15) is 0 Å². The van der Waals surface area contributed by atoms with E-state index in [-0.39, 0.29) is 11.0 Å². The largest absolute Gasteiger partial charge is 0.374 e. The molecule has 92 valence electrons. The summed E-state index contributed by atoms with van der Waals surface area (Å²) in [5.41, 5.74) is 0.192. The second-order valence-corrected chi connectivity index (χ2v) is 5.29. The molecule has 0 fully saturated rings.